The Kier molecular flexibility index (Phi) is 79.4. The van der Waals surface area contributed by atoms with Crippen molar-refractivity contribution in [2.75, 3.05) is 43.7 Å². The van der Waals surface area contributed by atoms with Gasteiger partial charge < -0.3 is 18.9 Å². The average Bonchev–Trinajstić information content (AvgIpc) is 0.782. The second-order valence-electron chi connectivity index (χ2n) is 43.0. The molecule has 0 bridgehead atoms. The summed E-state index contributed by atoms with van der Waals surface area (Å²) in [5.74, 6) is 13.8. The summed E-state index contributed by atoms with van der Waals surface area (Å²) in [6.45, 7) is 86.4. The van der Waals surface area contributed by atoms with E-state index in [0.29, 0.717) is 39.7 Å². The van der Waals surface area contributed by atoms with Crippen LogP contribution in [0.4, 0.5) is 22.0 Å². The van der Waals surface area contributed by atoms with Gasteiger partial charge in [0.15, 0.2) is 17.9 Å². The van der Waals surface area contributed by atoms with Gasteiger partial charge in [-0.05, 0) is 347 Å². The van der Waals surface area contributed by atoms with Crippen LogP contribution in [0.3, 0.4) is 0 Å². The molecule has 0 amide bonds. The van der Waals surface area contributed by atoms with Crippen molar-refractivity contribution in [2.45, 2.75) is 421 Å². The Hall–Kier alpha value is -6.48. The molecule has 0 radical (unpaired) electrons. The fraction of sp³-hybridized carbons (Fsp3) is 0.606. The zero-order valence-electron chi connectivity index (χ0n) is 102. The minimum absolute atomic E-state index is 0. The van der Waals surface area contributed by atoms with E-state index in [1.165, 1.54) is 249 Å². The molecule has 4 heterocycles. The second kappa shape index (κ2) is 83.0. The molecule has 4 nitrogen and oxygen atoms in total. The van der Waals surface area contributed by atoms with E-state index in [0.717, 1.165) is 108 Å². The number of rotatable bonds is 0. The van der Waals surface area contributed by atoms with Crippen molar-refractivity contribution in [2.24, 2.45) is 76.9 Å². The van der Waals surface area contributed by atoms with Crippen LogP contribution in [0, 0.1) is 196 Å². The third-order valence-electron chi connectivity index (χ3n) is 27.7. The van der Waals surface area contributed by atoms with E-state index in [4.69, 9.17) is 18.9 Å². The predicted octanol–water partition coefficient (Wildman–Crippen LogP) is 44.0. The third-order valence-corrected chi connectivity index (χ3v) is 32.4. The molecule has 9 atom stereocenters. The minimum Gasteiger partial charge on any atom is -0.378 e. The van der Waals surface area contributed by atoms with Crippen molar-refractivity contribution in [3.8, 4) is 0 Å². The van der Waals surface area contributed by atoms with E-state index < -0.39 is 23.3 Å². The first-order valence-electron chi connectivity index (χ1n) is 58.3. The number of thioether (sulfide) groups is 3. The van der Waals surface area contributed by atoms with Crippen molar-refractivity contribution in [1.29, 1.82) is 0 Å². The summed E-state index contributed by atoms with van der Waals surface area (Å²) in [5, 5.41) is 8.03. The maximum atomic E-state index is 12.6. The molecule has 9 aliphatic rings. The molecular formula is C137H219F5O4S3. The molecule has 4 saturated carbocycles. The second-order valence-corrected chi connectivity index (χ2v) is 47.4. The van der Waals surface area contributed by atoms with E-state index in [1.807, 2.05) is 115 Å². The summed E-state index contributed by atoms with van der Waals surface area (Å²) >= 11 is 6.08. The first kappa shape index (κ1) is 143. The van der Waals surface area contributed by atoms with E-state index in [-0.39, 0.29) is 19.1 Å². The molecular weight excluding hydrogens is 1900 g/mol. The Morgan fingerprint density at radius 3 is 0.926 bits per heavy atom. The lowest BCUT2D eigenvalue weighted by Gasteiger charge is -2.40. The van der Waals surface area contributed by atoms with Crippen LogP contribution in [0.5, 0.6) is 0 Å². The van der Waals surface area contributed by atoms with Crippen LogP contribution in [-0.2, 0) is 31.8 Å². The standard InChI is InChI=1S/C16H14.C12H22.C12H16.C12H12.2C8H8F2.C8H9F.2C8H16.C8H10.C7H14O.C6H12O2.C6H12OS.C6H12S2.6C2H6.H2/c1-11-3-7-15-13(9-11)5-6-14-10-12(2)4-8-16(14)15;3*1-9-3-5-12-8-10(2)4-6-11(12)7-9;1-5-3-7(9)6(2)8(10)4-5;1-5-3-4-6(2)8(10)7(5)9;1-6-3-4-7(2)8(9)5-6;3*1-7-3-5-8(2)6-4-7;1-6-3-4-7(2)8-5-6;3*1-5-3-7-6(2)8-4-5;6*1-2;/h3-10H,1-2H3;9-12H,3-8H2,1-2H3;3,5,7,10H,4,6,8H2,1-2H3;3-8H,1-2H3;2*3-4H,1-2H3;3-5H,1-2H3;2*7-8H,3-6H2,1-2H3;3-6H,1-2H3;6-7H,3-5H2,1-2H3;3*5-6H,3-4H2,1-2H3;6*1-2H3;1H. The molecule has 8 fully saturated rings. The zero-order valence-corrected chi connectivity index (χ0v) is 105. The van der Waals surface area contributed by atoms with Crippen molar-refractivity contribution in [3.05, 3.63) is 282 Å². The highest BCUT2D eigenvalue weighted by Crippen LogP contribution is 2.45. The van der Waals surface area contributed by atoms with Crippen LogP contribution in [-0.4, -0.2) is 66.1 Å². The molecule has 10 aromatic carbocycles. The number of benzene rings is 10. The molecule has 844 valence electrons. The first-order valence-corrected chi connectivity index (χ1v) is 61.5. The normalized spacial score (nSPS) is 23.2. The predicted molar refractivity (Wildman–Crippen MR) is 662 cm³/mol. The largest absolute Gasteiger partial charge is 0.378 e. The van der Waals surface area contributed by atoms with Crippen LogP contribution in [0.25, 0.3) is 32.3 Å². The van der Waals surface area contributed by atoms with E-state index >= 15 is 0 Å². The molecule has 0 aromatic heterocycles. The molecule has 9 unspecified atom stereocenters. The van der Waals surface area contributed by atoms with Crippen LogP contribution >= 0.6 is 35.3 Å². The Bertz CT molecular complexity index is 4640. The summed E-state index contributed by atoms with van der Waals surface area (Å²) < 4.78 is 84.9. The van der Waals surface area contributed by atoms with E-state index in [9.17, 15) is 22.0 Å². The lowest BCUT2D eigenvalue weighted by Crippen LogP contribution is -2.29. The molecule has 0 spiro atoms. The molecule has 5 aliphatic carbocycles. The van der Waals surface area contributed by atoms with Crippen molar-refractivity contribution in [3.63, 3.8) is 0 Å². The van der Waals surface area contributed by atoms with Crippen molar-refractivity contribution < 1.29 is 42.3 Å². The number of ether oxygens (including phenoxy) is 4. The molecule has 19 rings (SSSR count). The first-order chi connectivity index (χ1) is 70.9. The summed E-state index contributed by atoms with van der Waals surface area (Å²) in [6.07, 6.45) is 28.0. The average molecular weight is 2120 g/mol. The third kappa shape index (κ3) is 62.2. The molecule has 149 heavy (non-hydrogen) atoms. The highest BCUT2D eigenvalue weighted by molar-refractivity contribution is 8.17. The van der Waals surface area contributed by atoms with Crippen molar-refractivity contribution in [1.82, 2.24) is 0 Å². The Morgan fingerprint density at radius 2 is 0.570 bits per heavy atom. The Labute approximate surface area is 927 Å². The number of halogens is 5. The smallest absolute Gasteiger partial charge is 0.161 e. The topological polar surface area (TPSA) is 36.9 Å². The summed E-state index contributed by atoms with van der Waals surface area (Å²) in [4.78, 5) is 0. The molecule has 0 N–H and O–H groups in total. The van der Waals surface area contributed by atoms with Gasteiger partial charge in [-0.3, -0.25) is 0 Å². The SMILES string of the molecule is CC.CC.CC.CC.CC.CC.CC1CCC(C)CC1.CC1CCC(C)CC1.CC1CCC(C)OC1.CC1CCC2CC(C)CCC2C1.CC1COC(C)OC1.CC1COC(C)SC1.CC1CSC(C)SC1.Cc1cc(F)c(C)c(F)c1.Cc1ccc(C)c(F)c1.Cc1ccc(C)c(F)c1F.Cc1ccc(C)cc1.Cc1ccc2c(c1)CCC(C)C2.Cc1ccc2c(ccc3cc(C)ccc32)c1.Cc1ccc2cc(C)ccc2c1.[HH]. The van der Waals surface area contributed by atoms with Gasteiger partial charge >= 0.3 is 0 Å². The molecule has 12 heteroatoms. The summed E-state index contributed by atoms with van der Waals surface area (Å²) in [5.41, 5.74) is 16.0. The van der Waals surface area contributed by atoms with Gasteiger partial charge in [-0.25, -0.2) is 22.0 Å². The van der Waals surface area contributed by atoms with Gasteiger partial charge in [0.05, 0.1) is 31.4 Å². The number of hydrogen-bond acceptors (Lipinski definition) is 7. The molecule has 10 aromatic rings. The fourth-order valence-electron chi connectivity index (χ4n) is 18.0. The van der Waals surface area contributed by atoms with Gasteiger partial charge in [0, 0.05) is 29.8 Å². The maximum Gasteiger partial charge on any atom is 0.161 e. The van der Waals surface area contributed by atoms with Crippen LogP contribution in [0.15, 0.2) is 170 Å². The number of hydrogen-bond donors (Lipinski definition) is 0. The molecule has 4 aliphatic heterocycles. The van der Waals surface area contributed by atoms with Crippen molar-refractivity contribution >= 4 is 67.6 Å². The fourth-order valence-corrected chi connectivity index (χ4v) is 21.3. The van der Waals surface area contributed by atoms with E-state index in [1.54, 1.807) is 43.2 Å². The zero-order chi connectivity index (χ0) is 113. The van der Waals surface area contributed by atoms with Crippen LogP contribution < -0.4 is 0 Å². The quantitative estimate of drug-likeness (QED) is 0.111. The highest BCUT2D eigenvalue weighted by Gasteiger charge is 2.33. The van der Waals surface area contributed by atoms with E-state index in [2.05, 4.69) is 296 Å². The van der Waals surface area contributed by atoms with Crippen LogP contribution in [0.1, 0.15) is 381 Å². The van der Waals surface area contributed by atoms with Gasteiger partial charge in [0.25, 0.3) is 0 Å². The van der Waals surface area contributed by atoms with Gasteiger partial charge in [-0.1, -0.05) is 414 Å². The molecule has 4 saturated heterocycles. The highest BCUT2D eigenvalue weighted by atomic mass is 32.2. The monoisotopic (exact) mass is 2120 g/mol. The summed E-state index contributed by atoms with van der Waals surface area (Å²) in [6, 6.07) is 57.2. The van der Waals surface area contributed by atoms with Gasteiger partial charge in [0.1, 0.15) is 17.5 Å². The minimum atomic E-state index is -0.736. The number of fused-ring (bicyclic) bond motifs is 6. The van der Waals surface area contributed by atoms with Gasteiger partial charge in [-0.2, -0.15) is 0 Å². The summed E-state index contributed by atoms with van der Waals surface area (Å²) in [7, 11) is 0. The number of aryl methyl sites for hydroxylation is 13. The van der Waals surface area contributed by atoms with Gasteiger partial charge in [0.2, 0.25) is 0 Å². The lowest BCUT2D eigenvalue weighted by molar-refractivity contribution is -0.187. The Morgan fingerprint density at radius 1 is 0.248 bits per heavy atom. The lowest BCUT2D eigenvalue weighted by atomic mass is 9.65. The van der Waals surface area contributed by atoms with Gasteiger partial charge in [-0.15, -0.1) is 35.3 Å². The maximum absolute atomic E-state index is 12.6. The van der Waals surface area contributed by atoms with Crippen LogP contribution in [0.2, 0.25) is 0 Å². The Balaban J connectivity index is 0.